The van der Waals surface area contributed by atoms with Crippen LogP contribution in [-0.4, -0.2) is 22.9 Å². The predicted octanol–water partition coefficient (Wildman–Crippen LogP) is 6.95. The first-order chi connectivity index (χ1) is 16.5. The molecule has 0 atom stereocenters. The van der Waals surface area contributed by atoms with Crippen LogP contribution in [0.3, 0.4) is 0 Å². The second-order valence-corrected chi connectivity index (χ2v) is 8.87. The average Bonchev–Trinajstić information content (AvgIpc) is 3.09. The molecular weight excluding hydrogens is 457 g/mol. The van der Waals surface area contributed by atoms with Crippen LogP contribution in [0.2, 0.25) is 0 Å². The van der Waals surface area contributed by atoms with Gasteiger partial charge in [-0.25, -0.2) is 4.79 Å². The van der Waals surface area contributed by atoms with Gasteiger partial charge in [0.15, 0.2) is 6.61 Å². The number of aryl methyl sites for hydroxylation is 1. The Labute approximate surface area is 202 Å². The summed E-state index contributed by atoms with van der Waals surface area (Å²) in [5, 5.41) is 2.84. The van der Waals surface area contributed by atoms with Crippen LogP contribution in [0.1, 0.15) is 57.9 Å². The van der Waals surface area contributed by atoms with Crippen molar-refractivity contribution < 1.29 is 27.5 Å². The number of carbonyl (C=O) groups is 2. The highest BCUT2D eigenvalue weighted by atomic mass is 19.4. The lowest BCUT2D eigenvalue weighted by Crippen LogP contribution is -2.16. The minimum Gasteiger partial charge on any atom is -0.454 e. The number of hydrogen-bond donors (Lipinski definition) is 1. The second kappa shape index (κ2) is 10.8. The summed E-state index contributed by atoms with van der Waals surface area (Å²) in [5.74, 6) is -0.534. The van der Waals surface area contributed by atoms with Crippen molar-refractivity contribution in [2.24, 2.45) is 5.92 Å². The van der Waals surface area contributed by atoms with Gasteiger partial charge in [-0.3, -0.25) is 4.79 Å². The van der Waals surface area contributed by atoms with Gasteiger partial charge in [-0.2, -0.15) is 13.2 Å². The normalized spacial score (nSPS) is 11.5. The van der Waals surface area contributed by atoms with Crippen LogP contribution < -0.4 is 5.32 Å². The van der Waals surface area contributed by atoms with Gasteiger partial charge in [-0.15, -0.1) is 0 Å². The Hall–Kier alpha value is -3.55. The summed E-state index contributed by atoms with van der Waals surface area (Å²) in [5.41, 5.74) is 2.05. The van der Waals surface area contributed by atoms with Gasteiger partial charge in [-0.1, -0.05) is 32.0 Å². The molecule has 0 amide bonds. The topological polar surface area (TPSA) is 60.3 Å². The molecule has 5 nitrogen and oxygen atoms in total. The number of nitrogens with zero attached hydrogens (tertiary/aromatic N) is 1. The number of hydrogen-bond acceptors (Lipinski definition) is 4. The number of halogens is 3. The maximum atomic E-state index is 13.0. The van der Waals surface area contributed by atoms with E-state index < -0.39 is 24.3 Å². The zero-order chi connectivity index (χ0) is 25.8. The van der Waals surface area contributed by atoms with Gasteiger partial charge in [-0.05, 0) is 62.6 Å². The number of anilines is 2. The van der Waals surface area contributed by atoms with Gasteiger partial charge in [0, 0.05) is 29.2 Å². The molecule has 2 aromatic carbocycles. The Balaban J connectivity index is 1.71. The Bertz CT molecular complexity index is 1210. The number of aromatic nitrogens is 1. The number of ether oxygens (including phenoxy) is 1. The quantitative estimate of drug-likeness (QED) is 0.263. The number of carbonyl (C=O) groups excluding carboxylic acids is 2. The zero-order valence-corrected chi connectivity index (χ0v) is 20.2. The van der Waals surface area contributed by atoms with Crippen molar-refractivity contribution in [2.45, 2.75) is 46.8 Å². The Morgan fingerprint density at radius 3 is 2.40 bits per heavy atom. The van der Waals surface area contributed by atoms with E-state index in [-0.39, 0.29) is 22.7 Å². The third-order valence-electron chi connectivity index (χ3n) is 5.75. The van der Waals surface area contributed by atoms with E-state index in [1.807, 2.05) is 13.8 Å². The summed E-state index contributed by atoms with van der Waals surface area (Å²) in [6.45, 7) is 8.45. The second-order valence-electron chi connectivity index (χ2n) is 8.87. The fourth-order valence-electron chi connectivity index (χ4n) is 3.80. The highest BCUT2D eigenvalue weighted by Gasteiger charge is 2.30. The monoisotopic (exact) mass is 486 g/mol. The van der Waals surface area contributed by atoms with Crippen LogP contribution in [0, 0.1) is 19.8 Å². The molecule has 0 radical (unpaired) electrons. The molecule has 0 aliphatic heterocycles. The van der Waals surface area contributed by atoms with E-state index in [1.165, 1.54) is 18.2 Å². The van der Waals surface area contributed by atoms with Crippen LogP contribution in [0.5, 0.6) is 0 Å². The molecule has 3 aromatic rings. The van der Waals surface area contributed by atoms with E-state index in [2.05, 4.69) is 23.7 Å². The maximum absolute atomic E-state index is 13.0. The first kappa shape index (κ1) is 26.1. The van der Waals surface area contributed by atoms with Crippen molar-refractivity contribution >= 4 is 23.1 Å². The van der Waals surface area contributed by atoms with Crippen molar-refractivity contribution in [1.29, 1.82) is 0 Å². The van der Waals surface area contributed by atoms with Gasteiger partial charge in [0.1, 0.15) is 0 Å². The summed E-state index contributed by atoms with van der Waals surface area (Å²) in [7, 11) is 0. The molecule has 8 heteroatoms. The minimum atomic E-state index is -4.49. The third-order valence-corrected chi connectivity index (χ3v) is 5.75. The van der Waals surface area contributed by atoms with Crippen LogP contribution >= 0.6 is 0 Å². The molecule has 0 aliphatic rings. The van der Waals surface area contributed by atoms with Crippen molar-refractivity contribution in [3.63, 3.8) is 0 Å². The summed E-state index contributed by atoms with van der Waals surface area (Å²) in [6, 6.07) is 12.8. The molecule has 0 saturated carbocycles. The Morgan fingerprint density at radius 2 is 1.71 bits per heavy atom. The maximum Gasteiger partial charge on any atom is 0.416 e. The van der Waals surface area contributed by atoms with Gasteiger partial charge in [0.2, 0.25) is 5.78 Å². The first-order valence-corrected chi connectivity index (χ1v) is 11.4. The van der Waals surface area contributed by atoms with Crippen LogP contribution in [0.4, 0.5) is 24.5 Å². The van der Waals surface area contributed by atoms with Crippen LogP contribution in [-0.2, 0) is 17.5 Å². The van der Waals surface area contributed by atoms with E-state index in [0.29, 0.717) is 11.5 Å². The molecule has 0 unspecified atom stereocenters. The molecule has 1 N–H and O–H groups in total. The van der Waals surface area contributed by atoms with E-state index >= 15 is 0 Å². The van der Waals surface area contributed by atoms with E-state index in [1.54, 1.807) is 24.3 Å². The van der Waals surface area contributed by atoms with E-state index in [4.69, 9.17) is 4.74 Å². The largest absolute Gasteiger partial charge is 0.454 e. The number of ketones is 1. The molecule has 1 heterocycles. The third kappa shape index (κ3) is 6.53. The van der Waals surface area contributed by atoms with Gasteiger partial charge in [0.25, 0.3) is 0 Å². The molecule has 0 spiro atoms. The van der Waals surface area contributed by atoms with Gasteiger partial charge < -0.3 is 14.6 Å². The first-order valence-electron chi connectivity index (χ1n) is 11.4. The lowest BCUT2D eigenvalue weighted by atomic mass is 10.1. The number of esters is 1. The average molecular weight is 487 g/mol. The molecule has 186 valence electrons. The Kier molecular flexibility index (Phi) is 8.04. The number of alkyl halides is 3. The summed E-state index contributed by atoms with van der Waals surface area (Å²) in [6.07, 6.45) is -3.50. The predicted molar refractivity (Wildman–Crippen MR) is 129 cm³/mol. The fourth-order valence-corrected chi connectivity index (χ4v) is 3.80. The van der Waals surface area contributed by atoms with Crippen molar-refractivity contribution in [1.82, 2.24) is 4.57 Å². The van der Waals surface area contributed by atoms with E-state index in [0.717, 1.165) is 36.5 Å². The molecule has 1 aromatic heterocycles. The number of rotatable bonds is 9. The number of para-hydroxylation sites is 1. The lowest BCUT2D eigenvalue weighted by molar-refractivity contribution is -0.137. The SMILES string of the molecule is Cc1cc(C(=O)COC(=O)c2ccccc2Nc2cccc(C(F)(F)F)c2)c(C)n1CCC(C)C. The van der Waals surface area contributed by atoms with Gasteiger partial charge >= 0.3 is 12.1 Å². The molecule has 0 fully saturated rings. The zero-order valence-electron chi connectivity index (χ0n) is 20.2. The number of nitrogens with one attached hydrogen (secondary N) is 1. The smallest absolute Gasteiger partial charge is 0.416 e. The fraction of sp³-hybridized carbons (Fsp3) is 0.333. The van der Waals surface area contributed by atoms with Crippen LogP contribution in [0.25, 0.3) is 0 Å². The highest BCUT2D eigenvalue weighted by Crippen LogP contribution is 2.32. The van der Waals surface area contributed by atoms with Crippen molar-refractivity contribution in [3.05, 3.63) is 82.7 Å². The van der Waals surface area contributed by atoms with Crippen LogP contribution in [0.15, 0.2) is 54.6 Å². The van der Waals surface area contributed by atoms with Gasteiger partial charge in [0.05, 0.1) is 16.8 Å². The standard InChI is InChI=1S/C27H29F3N2O3/c1-17(2)12-13-32-18(3)14-23(19(32)4)25(33)16-35-26(34)22-10-5-6-11-24(22)31-21-9-7-8-20(15-21)27(28,29)30/h5-11,14-15,17,31H,12-13,16H2,1-4H3. The molecule has 3 rings (SSSR count). The summed E-state index contributed by atoms with van der Waals surface area (Å²) >= 11 is 0. The minimum absolute atomic E-state index is 0.111. The molecule has 0 bridgehead atoms. The molecule has 0 aliphatic carbocycles. The van der Waals surface area contributed by atoms with Crippen molar-refractivity contribution in [2.75, 3.05) is 11.9 Å². The molecule has 0 saturated heterocycles. The molecule has 35 heavy (non-hydrogen) atoms. The van der Waals surface area contributed by atoms with E-state index in [9.17, 15) is 22.8 Å². The highest BCUT2D eigenvalue weighted by molar-refractivity contribution is 6.02. The lowest BCUT2D eigenvalue weighted by Gasteiger charge is -2.13. The Morgan fingerprint density at radius 1 is 1.00 bits per heavy atom. The molecular formula is C27H29F3N2O3. The number of Topliss-reactive ketones (excluding diaryl/α,β-unsaturated/α-hetero) is 1. The van der Waals surface area contributed by atoms with Crippen molar-refractivity contribution in [3.8, 4) is 0 Å². The number of benzene rings is 2. The summed E-state index contributed by atoms with van der Waals surface area (Å²) < 4.78 is 46.5. The summed E-state index contributed by atoms with van der Waals surface area (Å²) in [4.78, 5) is 25.6.